The highest BCUT2D eigenvalue weighted by Crippen LogP contribution is 2.27. The molecule has 0 N–H and O–H groups in total. The van der Waals surface area contributed by atoms with Gasteiger partial charge in [0.25, 0.3) is 0 Å². The summed E-state index contributed by atoms with van der Waals surface area (Å²) < 4.78 is 0. The molecule has 0 saturated heterocycles. The van der Waals surface area contributed by atoms with Crippen molar-refractivity contribution < 1.29 is 0 Å². The van der Waals surface area contributed by atoms with Gasteiger partial charge in [0.2, 0.25) is 0 Å². The van der Waals surface area contributed by atoms with E-state index in [-0.39, 0.29) is 0 Å². The summed E-state index contributed by atoms with van der Waals surface area (Å²) in [6.45, 7) is 9.27. The van der Waals surface area contributed by atoms with E-state index in [2.05, 4.69) is 39.5 Å². The standard InChI is InChI=1S/C12H26S/c1-5-8-10-12(7-3)13-11(4)9-6-2/h11-12H,5-10H2,1-4H3. The topological polar surface area (TPSA) is 0 Å². The third kappa shape index (κ3) is 7.42. The van der Waals surface area contributed by atoms with Crippen LogP contribution in [0.1, 0.15) is 66.2 Å². The predicted molar refractivity (Wildman–Crippen MR) is 65.6 cm³/mol. The highest BCUT2D eigenvalue weighted by Gasteiger charge is 2.10. The summed E-state index contributed by atoms with van der Waals surface area (Å²) in [6.07, 6.45) is 8.24. The lowest BCUT2D eigenvalue weighted by Crippen LogP contribution is -2.07. The summed E-state index contributed by atoms with van der Waals surface area (Å²) in [6, 6.07) is 0. The van der Waals surface area contributed by atoms with Crippen molar-refractivity contribution in [1.82, 2.24) is 0 Å². The van der Waals surface area contributed by atoms with E-state index in [9.17, 15) is 0 Å². The Morgan fingerprint density at radius 3 is 2.15 bits per heavy atom. The van der Waals surface area contributed by atoms with Crippen molar-refractivity contribution in [2.45, 2.75) is 76.7 Å². The van der Waals surface area contributed by atoms with E-state index in [0.717, 1.165) is 10.5 Å². The molecule has 0 aromatic heterocycles. The average molecular weight is 202 g/mol. The lowest BCUT2D eigenvalue weighted by atomic mass is 10.2. The van der Waals surface area contributed by atoms with Crippen LogP contribution in [0.4, 0.5) is 0 Å². The Morgan fingerprint density at radius 1 is 1.00 bits per heavy atom. The van der Waals surface area contributed by atoms with E-state index >= 15 is 0 Å². The first-order chi connectivity index (χ1) is 6.24. The van der Waals surface area contributed by atoms with E-state index < -0.39 is 0 Å². The normalized spacial score (nSPS) is 15.7. The van der Waals surface area contributed by atoms with Gasteiger partial charge in [0, 0.05) is 10.5 Å². The molecule has 13 heavy (non-hydrogen) atoms. The molecule has 0 aromatic carbocycles. The van der Waals surface area contributed by atoms with E-state index in [1.807, 2.05) is 0 Å². The molecule has 0 heterocycles. The van der Waals surface area contributed by atoms with Crippen molar-refractivity contribution in [3.63, 3.8) is 0 Å². The van der Waals surface area contributed by atoms with E-state index in [1.165, 1.54) is 38.5 Å². The summed E-state index contributed by atoms with van der Waals surface area (Å²) in [5.41, 5.74) is 0. The number of thioether (sulfide) groups is 1. The molecule has 2 unspecified atom stereocenters. The fourth-order valence-corrected chi connectivity index (χ4v) is 3.13. The van der Waals surface area contributed by atoms with Crippen LogP contribution in [0.15, 0.2) is 0 Å². The van der Waals surface area contributed by atoms with E-state index in [1.54, 1.807) is 0 Å². The quantitative estimate of drug-likeness (QED) is 0.541. The zero-order valence-electron chi connectivity index (χ0n) is 9.81. The zero-order valence-corrected chi connectivity index (χ0v) is 10.6. The summed E-state index contributed by atoms with van der Waals surface area (Å²) in [4.78, 5) is 0. The van der Waals surface area contributed by atoms with Gasteiger partial charge in [-0.1, -0.05) is 47.0 Å². The highest BCUT2D eigenvalue weighted by atomic mass is 32.2. The number of hydrogen-bond donors (Lipinski definition) is 0. The van der Waals surface area contributed by atoms with Gasteiger partial charge in [-0.3, -0.25) is 0 Å². The molecule has 0 spiro atoms. The first-order valence-corrected chi connectivity index (χ1v) is 6.84. The summed E-state index contributed by atoms with van der Waals surface area (Å²) >= 11 is 2.21. The molecular formula is C12H26S. The van der Waals surface area contributed by atoms with Gasteiger partial charge < -0.3 is 0 Å². The molecule has 0 radical (unpaired) electrons. The maximum absolute atomic E-state index is 2.38. The maximum atomic E-state index is 2.38. The number of hydrogen-bond acceptors (Lipinski definition) is 1. The molecule has 0 amide bonds. The monoisotopic (exact) mass is 202 g/mol. The third-order valence-corrected chi connectivity index (χ3v) is 4.11. The van der Waals surface area contributed by atoms with Crippen LogP contribution in [-0.2, 0) is 0 Å². The predicted octanol–water partition coefficient (Wildman–Crippen LogP) is 4.88. The summed E-state index contributed by atoms with van der Waals surface area (Å²) in [5.74, 6) is 0. The van der Waals surface area contributed by atoms with Gasteiger partial charge in [-0.15, -0.1) is 0 Å². The molecule has 0 aliphatic heterocycles. The van der Waals surface area contributed by atoms with Crippen molar-refractivity contribution in [2.75, 3.05) is 0 Å². The fourth-order valence-electron chi connectivity index (χ4n) is 1.60. The lowest BCUT2D eigenvalue weighted by Gasteiger charge is -2.18. The lowest BCUT2D eigenvalue weighted by molar-refractivity contribution is 0.664. The fraction of sp³-hybridized carbons (Fsp3) is 1.00. The van der Waals surface area contributed by atoms with Gasteiger partial charge in [-0.05, 0) is 19.3 Å². The zero-order chi connectivity index (χ0) is 10.1. The molecule has 2 atom stereocenters. The van der Waals surface area contributed by atoms with Crippen LogP contribution in [0.3, 0.4) is 0 Å². The molecule has 0 rings (SSSR count). The minimum atomic E-state index is 0.867. The molecule has 0 aromatic rings. The second kappa shape index (κ2) is 8.93. The molecule has 0 bridgehead atoms. The minimum Gasteiger partial charge on any atom is -0.155 e. The van der Waals surface area contributed by atoms with Gasteiger partial charge in [0.05, 0.1) is 0 Å². The van der Waals surface area contributed by atoms with Crippen molar-refractivity contribution in [2.24, 2.45) is 0 Å². The molecule has 0 nitrogen and oxygen atoms in total. The summed E-state index contributed by atoms with van der Waals surface area (Å²) in [7, 11) is 0. The number of rotatable bonds is 8. The van der Waals surface area contributed by atoms with Crippen molar-refractivity contribution in [1.29, 1.82) is 0 Å². The maximum Gasteiger partial charge on any atom is 0.00471 e. The Morgan fingerprint density at radius 2 is 1.69 bits per heavy atom. The first-order valence-electron chi connectivity index (χ1n) is 5.89. The minimum absolute atomic E-state index is 0.867. The summed E-state index contributed by atoms with van der Waals surface area (Å²) in [5, 5.41) is 1.79. The van der Waals surface area contributed by atoms with Crippen LogP contribution in [-0.4, -0.2) is 10.5 Å². The van der Waals surface area contributed by atoms with Crippen LogP contribution in [0.25, 0.3) is 0 Å². The van der Waals surface area contributed by atoms with E-state index in [4.69, 9.17) is 0 Å². The Bertz CT molecular complexity index is 101. The molecule has 0 fully saturated rings. The highest BCUT2D eigenvalue weighted by molar-refractivity contribution is 8.00. The SMILES string of the molecule is CCCCC(CC)SC(C)CCC. The first kappa shape index (κ1) is 13.4. The van der Waals surface area contributed by atoms with Crippen molar-refractivity contribution in [3.05, 3.63) is 0 Å². The number of unbranched alkanes of at least 4 members (excludes halogenated alkanes) is 1. The molecule has 0 aliphatic rings. The van der Waals surface area contributed by atoms with Crippen LogP contribution in [0.2, 0.25) is 0 Å². The average Bonchev–Trinajstić information content (AvgIpc) is 2.12. The molecule has 0 aliphatic carbocycles. The smallest absolute Gasteiger partial charge is 0.00471 e. The Labute approximate surface area is 88.9 Å². The van der Waals surface area contributed by atoms with Crippen molar-refractivity contribution >= 4 is 11.8 Å². The Hall–Kier alpha value is 0.350. The molecule has 0 saturated carbocycles. The van der Waals surface area contributed by atoms with Gasteiger partial charge in [-0.25, -0.2) is 0 Å². The van der Waals surface area contributed by atoms with Gasteiger partial charge in [0.15, 0.2) is 0 Å². The molecular weight excluding hydrogens is 176 g/mol. The Kier molecular flexibility index (Phi) is 9.17. The van der Waals surface area contributed by atoms with Crippen LogP contribution in [0.5, 0.6) is 0 Å². The second-order valence-corrected chi connectivity index (χ2v) is 5.65. The van der Waals surface area contributed by atoms with Gasteiger partial charge in [-0.2, -0.15) is 11.8 Å². The van der Waals surface area contributed by atoms with Crippen molar-refractivity contribution in [3.8, 4) is 0 Å². The van der Waals surface area contributed by atoms with E-state index in [0.29, 0.717) is 0 Å². The third-order valence-electron chi connectivity index (χ3n) is 2.45. The molecule has 1 heteroatoms. The Balaban J connectivity index is 3.56. The van der Waals surface area contributed by atoms with Crippen LogP contribution < -0.4 is 0 Å². The molecule has 80 valence electrons. The second-order valence-electron chi connectivity index (χ2n) is 3.91. The largest absolute Gasteiger partial charge is 0.155 e. The van der Waals surface area contributed by atoms with Gasteiger partial charge in [0.1, 0.15) is 0 Å². The van der Waals surface area contributed by atoms with Crippen LogP contribution >= 0.6 is 11.8 Å². The van der Waals surface area contributed by atoms with Gasteiger partial charge >= 0.3 is 0 Å². The van der Waals surface area contributed by atoms with Crippen LogP contribution in [0, 0.1) is 0 Å².